The predicted octanol–water partition coefficient (Wildman–Crippen LogP) is 4.25. The number of fused-ring (bicyclic) bond motifs is 2. The molecule has 0 bridgehead atoms. The first kappa shape index (κ1) is 27.9. The number of nitrogen functional groups attached to an aromatic ring is 1. The van der Waals surface area contributed by atoms with Gasteiger partial charge in [0, 0.05) is 49.5 Å². The summed E-state index contributed by atoms with van der Waals surface area (Å²) < 4.78 is 3.81. The first-order chi connectivity index (χ1) is 22.5. The summed E-state index contributed by atoms with van der Waals surface area (Å²) in [6.07, 6.45) is 7.53. The number of nitrogens with one attached hydrogen (secondary N) is 1. The summed E-state index contributed by atoms with van der Waals surface area (Å²) in [6.45, 7) is 1.88. The molecule has 5 heterocycles. The monoisotopic (exact) mass is 613 g/mol. The minimum absolute atomic E-state index is 0.108. The average Bonchev–Trinajstić information content (AvgIpc) is 3.80. The molecule has 12 nitrogen and oxygen atoms in total. The van der Waals surface area contributed by atoms with Crippen molar-refractivity contribution in [3.05, 3.63) is 102 Å². The molecule has 1 aliphatic carbocycles. The van der Waals surface area contributed by atoms with E-state index in [0.29, 0.717) is 40.5 Å². The Kier molecular flexibility index (Phi) is 6.73. The predicted molar refractivity (Wildman–Crippen MR) is 173 cm³/mol. The Morgan fingerprint density at radius 2 is 1.93 bits per heavy atom. The van der Waals surface area contributed by atoms with E-state index in [4.69, 9.17) is 15.7 Å². The lowest BCUT2D eigenvalue weighted by molar-refractivity contribution is 0.111. The van der Waals surface area contributed by atoms with Gasteiger partial charge >= 0.3 is 0 Å². The largest absolute Gasteiger partial charge is 0.507 e. The Morgan fingerprint density at radius 1 is 1.04 bits per heavy atom. The molecule has 2 atom stereocenters. The smallest absolute Gasteiger partial charge is 0.169 e. The molecule has 8 rings (SSSR count). The van der Waals surface area contributed by atoms with Gasteiger partial charge in [0.15, 0.2) is 23.6 Å². The fourth-order valence-corrected chi connectivity index (χ4v) is 6.41. The quantitative estimate of drug-likeness (QED) is 0.144. The van der Waals surface area contributed by atoms with E-state index in [1.807, 2.05) is 41.1 Å². The lowest BCUT2D eigenvalue weighted by atomic mass is 10.1. The third-order valence-electron chi connectivity index (χ3n) is 8.91. The highest BCUT2D eigenvalue weighted by atomic mass is 16.3. The van der Waals surface area contributed by atoms with Crippen LogP contribution >= 0.6 is 0 Å². The van der Waals surface area contributed by atoms with Gasteiger partial charge in [0.1, 0.15) is 23.3 Å². The van der Waals surface area contributed by atoms with Crippen molar-refractivity contribution in [2.24, 2.45) is 0 Å². The van der Waals surface area contributed by atoms with Crippen molar-refractivity contribution in [3.63, 3.8) is 0 Å². The molecule has 12 heteroatoms. The summed E-state index contributed by atoms with van der Waals surface area (Å²) in [5.74, 6) is 1.60. The molecule has 46 heavy (non-hydrogen) atoms. The topological polar surface area (TPSA) is 160 Å². The van der Waals surface area contributed by atoms with Crippen LogP contribution in [0, 0.1) is 0 Å². The zero-order chi connectivity index (χ0) is 31.4. The molecule has 2 aliphatic rings. The van der Waals surface area contributed by atoms with Gasteiger partial charge < -0.3 is 20.8 Å². The number of hydrogen-bond donors (Lipinski definition) is 4. The lowest BCUT2D eigenvalue weighted by Crippen LogP contribution is -2.37. The van der Waals surface area contributed by atoms with Gasteiger partial charge in [0.2, 0.25) is 0 Å². The van der Waals surface area contributed by atoms with Gasteiger partial charge in [-0.05, 0) is 78.4 Å². The number of anilines is 2. The number of nitrogens with zero attached hydrogens (tertiary/aromatic N) is 7. The molecular formula is C34H31N9O3. The second-order valence-electron chi connectivity index (χ2n) is 11.6. The molecule has 230 valence electrons. The van der Waals surface area contributed by atoms with Crippen LogP contribution in [0.15, 0.2) is 79.3 Å². The first-order valence-corrected chi connectivity index (χ1v) is 15.2. The molecule has 0 saturated carbocycles. The number of aliphatic hydroxyl groups excluding tert-OH is 1. The van der Waals surface area contributed by atoms with Crippen molar-refractivity contribution in [1.29, 1.82) is 0 Å². The molecule has 0 amide bonds. The summed E-state index contributed by atoms with van der Waals surface area (Å²) in [4.78, 5) is 28.2. The van der Waals surface area contributed by atoms with Crippen LogP contribution in [-0.4, -0.2) is 58.9 Å². The number of aromatic nitrogens is 6. The van der Waals surface area contributed by atoms with Crippen molar-refractivity contribution in [1.82, 2.24) is 34.6 Å². The molecule has 2 aromatic carbocycles. The number of benzene rings is 2. The van der Waals surface area contributed by atoms with Gasteiger partial charge in [-0.3, -0.25) is 14.7 Å². The highest BCUT2D eigenvalue weighted by molar-refractivity contribution is 5.93. The Balaban J connectivity index is 1.23. The molecule has 4 aromatic heterocycles. The van der Waals surface area contributed by atoms with Crippen LogP contribution in [0.3, 0.4) is 0 Å². The number of imidazole rings is 1. The SMILES string of the molecule is Nc1ncccc1-c1nc2c(N3CCC3)cc(-n3cccn3)nc2n1-c1ccc2c(c1)CC[C@@H]2NC(O)c1ccc(O)c(C=O)c1. The van der Waals surface area contributed by atoms with Gasteiger partial charge in [0.25, 0.3) is 0 Å². The van der Waals surface area contributed by atoms with Gasteiger partial charge in [-0.15, -0.1) is 0 Å². The Morgan fingerprint density at radius 3 is 2.70 bits per heavy atom. The number of pyridine rings is 2. The van der Waals surface area contributed by atoms with Gasteiger partial charge in [-0.2, -0.15) is 5.10 Å². The highest BCUT2D eigenvalue weighted by Gasteiger charge is 2.29. The van der Waals surface area contributed by atoms with E-state index < -0.39 is 6.23 Å². The number of rotatable bonds is 8. The van der Waals surface area contributed by atoms with Crippen LogP contribution in [0.25, 0.3) is 34.1 Å². The van der Waals surface area contributed by atoms with Crippen molar-refractivity contribution >= 4 is 29.0 Å². The Bertz CT molecular complexity index is 2100. The lowest BCUT2D eigenvalue weighted by Gasteiger charge is -2.33. The van der Waals surface area contributed by atoms with Crippen LogP contribution in [0.1, 0.15) is 52.2 Å². The summed E-state index contributed by atoms with van der Waals surface area (Å²) in [5, 5.41) is 28.6. The standard InChI is InChI=1S/C34H31N9O3/c35-31-25(4-1-11-36-31)32-40-30-27(41-13-3-14-41)18-29(42-15-2-12-37-42)39-33(30)43(32)23-7-8-24-20(17-23)5-9-26(24)38-34(46)21-6-10-28(45)22(16-21)19-44/h1-2,4,6-8,10-12,15-19,26,34,38,45-46H,3,5,9,13-14H2,(H2,35,36)/t26-,34?/m0/s1. The Labute approximate surface area is 263 Å². The van der Waals surface area contributed by atoms with E-state index in [9.17, 15) is 15.0 Å². The van der Waals surface area contributed by atoms with Crippen LogP contribution < -0.4 is 16.0 Å². The first-order valence-electron chi connectivity index (χ1n) is 15.2. The molecule has 0 radical (unpaired) electrons. The Hall–Kier alpha value is -5.59. The van der Waals surface area contributed by atoms with Gasteiger partial charge in [-0.25, -0.2) is 19.6 Å². The number of phenols is 1. The van der Waals surface area contributed by atoms with Gasteiger partial charge in [0.05, 0.1) is 16.8 Å². The summed E-state index contributed by atoms with van der Waals surface area (Å²) in [7, 11) is 0. The second kappa shape index (κ2) is 11.1. The number of carbonyl (C=O) groups excluding carboxylic acids is 1. The average molecular weight is 614 g/mol. The maximum absolute atomic E-state index is 11.3. The summed E-state index contributed by atoms with van der Waals surface area (Å²) in [5.41, 5.74) is 13.3. The maximum atomic E-state index is 11.3. The normalized spacial score (nSPS) is 16.4. The number of aldehydes is 1. The van der Waals surface area contributed by atoms with Crippen LogP contribution in [-0.2, 0) is 6.42 Å². The second-order valence-corrected chi connectivity index (χ2v) is 11.6. The third kappa shape index (κ3) is 4.66. The number of aryl methyl sites for hydroxylation is 1. The van der Waals surface area contributed by atoms with E-state index in [-0.39, 0.29) is 17.4 Å². The zero-order valence-corrected chi connectivity index (χ0v) is 24.8. The minimum Gasteiger partial charge on any atom is -0.507 e. The van der Waals surface area contributed by atoms with Crippen molar-refractivity contribution < 1.29 is 15.0 Å². The molecule has 0 spiro atoms. The molecule has 1 aliphatic heterocycles. The highest BCUT2D eigenvalue weighted by Crippen LogP contribution is 2.39. The van der Waals surface area contributed by atoms with Crippen LogP contribution in [0.4, 0.5) is 11.5 Å². The molecule has 1 saturated heterocycles. The summed E-state index contributed by atoms with van der Waals surface area (Å²) in [6, 6.07) is 18.4. The van der Waals surface area contributed by atoms with E-state index in [1.165, 1.54) is 12.1 Å². The van der Waals surface area contributed by atoms with Crippen molar-refractivity contribution in [2.45, 2.75) is 31.5 Å². The number of aliphatic hydroxyl groups is 1. The molecule has 6 aromatic rings. The van der Waals surface area contributed by atoms with E-state index >= 15 is 0 Å². The molecular weight excluding hydrogens is 582 g/mol. The number of aromatic hydroxyl groups is 1. The summed E-state index contributed by atoms with van der Waals surface area (Å²) >= 11 is 0. The fourth-order valence-electron chi connectivity index (χ4n) is 6.41. The molecule has 5 N–H and O–H groups in total. The van der Waals surface area contributed by atoms with Gasteiger partial charge in [-0.1, -0.05) is 12.1 Å². The number of nitrogens with two attached hydrogens (primary N) is 1. The zero-order valence-electron chi connectivity index (χ0n) is 24.8. The van der Waals surface area contributed by atoms with E-state index in [1.54, 1.807) is 23.1 Å². The van der Waals surface area contributed by atoms with E-state index in [0.717, 1.165) is 60.4 Å². The van der Waals surface area contributed by atoms with E-state index in [2.05, 4.69) is 32.4 Å². The van der Waals surface area contributed by atoms with Crippen LogP contribution in [0.2, 0.25) is 0 Å². The number of phenolic OH excluding ortho intramolecular Hbond substituents is 1. The third-order valence-corrected chi connectivity index (χ3v) is 8.91. The number of carbonyl (C=O) groups is 1. The molecule has 1 fully saturated rings. The maximum Gasteiger partial charge on any atom is 0.169 e. The van der Waals surface area contributed by atoms with Crippen LogP contribution in [0.5, 0.6) is 5.75 Å². The molecule has 1 unspecified atom stereocenters. The fraction of sp³-hybridized carbons (Fsp3) is 0.206. The number of hydrogen-bond acceptors (Lipinski definition) is 10. The minimum atomic E-state index is -1.02. The van der Waals surface area contributed by atoms with Crippen molar-refractivity contribution in [2.75, 3.05) is 23.7 Å². The van der Waals surface area contributed by atoms with Crippen molar-refractivity contribution in [3.8, 4) is 28.6 Å².